The minimum Gasteiger partial charge on any atom is -0.310 e. The first-order chi connectivity index (χ1) is 8.83. The monoisotopic (exact) mass is 341 g/mol. The van der Waals surface area contributed by atoms with Gasteiger partial charge in [0.1, 0.15) is 5.82 Å². The molecule has 1 rings (SSSR count). The molecule has 0 aliphatic heterocycles. The molecule has 0 aliphatic rings. The van der Waals surface area contributed by atoms with E-state index in [1.54, 1.807) is 6.07 Å². The second kappa shape index (κ2) is 7.24. The van der Waals surface area contributed by atoms with Crippen LogP contribution in [0.3, 0.4) is 0 Å². The Hall–Kier alpha value is -0.620. The summed E-state index contributed by atoms with van der Waals surface area (Å²) in [7, 11) is 0. The van der Waals surface area contributed by atoms with Crippen molar-refractivity contribution in [2.24, 2.45) is 0 Å². The summed E-state index contributed by atoms with van der Waals surface area (Å²) in [5, 5.41) is 3.13. The van der Waals surface area contributed by atoms with Gasteiger partial charge < -0.3 is 5.32 Å². The van der Waals surface area contributed by atoms with Crippen LogP contribution in [0, 0.1) is 5.82 Å². The predicted molar refractivity (Wildman–Crippen MR) is 70.4 cm³/mol. The van der Waals surface area contributed by atoms with Gasteiger partial charge in [-0.25, -0.2) is 4.39 Å². The zero-order valence-electron chi connectivity index (χ0n) is 10.5. The normalized spacial score (nSPS) is 13.6. The third kappa shape index (κ3) is 5.91. The van der Waals surface area contributed by atoms with Crippen molar-refractivity contribution >= 4 is 15.9 Å². The topological polar surface area (TPSA) is 12.0 Å². The molecule has 0 aromatic heterocycles. The van der Waals surface area contributed by atoms with Crippen LogP contribution in [0.2, 0.25) is 0 Å². The van der Waals surface area contributed by atoms with Crippen LogP contribution in [0.25, 0.3) is 0 Å². The van der Waals surface area contributed by atoms with Gasteiger partial charge in [-0.3, -0.25) is 0 Å². The van der Waals surface area contributed by atoms with E-state index < -0.39 is 12.6 Å². The number of benzene rings is 1. The Kier molecular flexibility index (Phi) is 6.26. The molecule has 6 heteroatoms. The van der Waals surface area contributed by atoms with Crippen molar-refractivity contribution in [3.63, 3.8) is 0 Å². The van der Waals surface area contributed by atoms with Gasteiger partial charge in [-0.1, -0.05) is 28.9 Å². The highest BCUT2D eigenvalue weighted by Gasteiger charge is 2.27. The molecule has 108 valence electrons. The second-order valence-electron chi connectivity index (χ2n) is 4.28. The number of halogens is 5. The van der Waals surface area contributed by atoms with E-state index in [1.807, 2.05) is 6.92 Å². The van der Waals surface area contributed by atoms with Gasteiger partial charge in [0.25, 0.3) is 0 Å². The van der Waals surface area contributed by atoms with Gasteiger partial charge in [0.15, 0.2) is 0 Å². The molecule has 0 amide bonds. The minimum absolute atomic E-state index is 0.0466. The molecule has 0 saturated heterocycles. The standard InChI is InChI=1S/C13H16BrF4N/c1-2-19-12(4-3-7-13(16,17)18)10-6-5-9(15)8-11(10)14/h5-6,8,12,19H,2-4,7H2,1H3. The van der Waals surface area contributed by atoms with Crippen molar-refractivity contribution in [1.29, 1.82) is 0 Å². The molecular formula is C13H16BrF4N. The van der Waals surface area contributed by atoms with Gasteiger partial charge in [0.2, 0.25) is 0 Å². The highest BCUT2D eigenvalue weighted by Crippen LogP contribution is 2.30. The zero-order chi connectivity index (χ0) is 14.5. The largest absolute Gasteiger partial charge is 0.389 e. The Balaban J connectivity index is 2.71. The predicted octanol–water partition coefficient (Wildman–Crippen LogP) is 4.97. The van der Waals surface area contributed by atoms with Crippen molar-refractivity contribution in [3.05, 3.63) is 34.1 Å². The summed E-state index contributed by atoms with van der Waals surface area (Å²) >= 11 is 3.25. The van der Waals surface area contributed by atoms with Crippen molar-refractivity contribution in [3.8, 4) is 0 Å². The van der Waals surface area contributed by atoms with Gasteiger partial charge in [0.05, 0.1) is 0 Å². The number of hydrogen-bond donors (Lipinski definition) is 1. The first-order valence-corrected chi connectivity index (χ1v) is 6.88. The highest BCUT2D eigenvalue weighted by atomic mass is 79.9. The molecule has 0 heterocycles. The summed E-state index contributed by atoms with van der Waals surface area (Å²) < 4.78 is 50.0. The maximum atomic E-state index is 13.0. The number of rotatable bonds is 6. The van der Waals surface area contributed by atoms with Gasteiger partial charge in [-0.15, -0.1) is 0 Å². The average Bonchev–Trinajstić information content (AvgIpc) is 2.26. The number of alkyl halides is 3. The Morgan fingerprint density at radius 2 is 2.00 bits per heavy atom. The fraction of sp³-hybridized carbons (Fsp3) is 0.538. The van der Waals surface area contributed by atoms with E-state index in [4.69, 9.17) is 0 Å². The van der Waals surface area contributed by atoms with Crippen LogP contribution in [0.1, 0.15) is 37.8 Å². The molecule has 1 nitrogen and oxygen atoms in total. The van der Waals surface area contributed by atoms with E-state index in [0.717, 1.165) is 5.56 Å². The van der Waals surface area contributed by atoms with Crippen molar-refractivity contribution < 1.29 is 17.6 Å². The SMILES string of the molecule is CCNC(CCCC(F)(F)F)c1ccc(F)cc1Br. The van der Waals surface area contributed by atoms with E-state index in [0.29, 0.717) is 17.4 Å². The van der Waals surface area contributed by atoms with Crippen LogP contribution in [0.4, 0.5) is 17.6 Å². The van der Waals surface area contributed by atoms with E-state index in [1.165, 1.54) is 12.1 Å². The van der Waals surface area contributed by atoms with Gasteiger partial charge in [-0.05, 0) is 37.1 Å². The Morgan fingerprint density at radius 1 is 1.32 bits per heavy atom. The lowest BCUT2D eigenvalue weighted by atomic mass is 10.0. The first-order valence-electron chi connectivity index (χ1n) is 6.08. The van der Waals surface area contributed by atoms with Crippen molar-refractivity contribution in [2.45, 2.75) is 38.4 Å². The molecule has 0 spiro atoms. The van der Waals surface area contributed by atoms with Crippen molar-refractivity contribution in [1.82, 2.24) is 5.32 Å². The molecule has 1 atom stereocenters. The zero-order valence-corrected chi connectivity index (χ0v) is 12.1. The molecule has 0 saturated carbocycles. The summed E-state index contributed by atoms with van der Waals surface area (Å²) in [6.45, 7) is 2.52. The Bertz CT molecular complexity index is 406. The third-order valence-corrected chi connectivity index (χ3v) is 3.43. The third-order valence-electron chi connectivity index (χ3n) is 2.74. The summed E-state index contributed by atoms with van der Waals surface area (Å²) in [4.78, 5) is 0. The molecule has 0 fully saturated rings. The molecule has 1 aromatic carbocycles. The van der Waals surface area contributed by atoms with Crippen LogP contribution in [0.15, 0.2) is 22.7 Å². The average molecular weight is 342 g/mol. The maximum absolute atomic E-state index is 13.0. The molecule has 0 aliphatic carbocycles. The first kappa shape index (κ1) is 16.4. The van der Waals surface area contributed by atoms with Crippen molar-refractivity contribution in [2.75, 3.05) is 6.54 Å². The van der Waals surface area contributed by atoms with E-state index in [-0.39, 0.29) is 18.3 Å². The van der Waals surface area contributed by atoms with E-state index in [2.05, 4.69) is 21.2 Å². The van der Waals surface area contributed by atoms with Gasteiger partial charge in [-0.2, -0.15) is 13.2 Å². The molecule has 0 radical (unpaired) electrons. The lowest BCUT2D eigenvalue weighted by Gasteiger charge is -2.20. The van der Waals surface area contributed by atoms with Crippen LogP contribution in [-0.2, 0) is 0 Å². The Morgan fingerprint density at radius 3 is 2.53 bits per heavy atom. The van der Waals surface area contributed by atoms with Crippen LogP contribution >= 0.6 is 15.9 Å². The second-order valence-corrected chi connectivity index (χ2v) is 5.14. The van der Waals surface area contributed by atoms with Crippen LogP contribution in [0.5, 0.6) is 0 Å². The quantitative estimate of drug-likeness (QED) is 0.720. The smallest absolute Gasteiger partial charge is 0.310 e. The Labute approximate surface area is 118 Å². The fourth-order valence-corrected chi connectivity index (χ4v) is 2.53. The lowest BCUT2D eigenvalue weighted by molar-refractivity contribution is -0.135. The molecule has 1 unspecified atom stereocenters. The number of nitrogens with one attached hydrogen (secondary N) is 1. The highest BCUT2D eigenvalue weighted by molar-refractivity contribution is 9.10. The summed E-state index contributed by atoms with van der Waals surface area (Å²) in [5.41, 5.74) is 0.783. The molecule has 19 heavy (non-hydrogen) atoms. The van der Waals surface area contributed by atoms with Crippen LogP contribution < -0.4 is 5.32 Å². The number of hydrogen-bond acceptors (Lipinski definition) is 1. The van der Waals surface area contributed by atoms with E-state index >= 15 is 0 Å². The summed E-state index contributed by atoms with van der Waals surface area (Å²) in [6, 6.07) is 4.03. The van der Waals surface area contributed by atoms with E-state index in [9.17, 15) is 17.6 Å². The molecule has 1 N–H and O–H groups in total. The van der Waals surface area contributed by atoms with Gasteiger partial charge in [0, 0.05) is 16.9 Å². The van der Waals surface area contributed by atoms with Crippen LogP contribution in [-0.4, -0.2) is 12.7 Å². The lowest BCUT2D eigenvalue weighted by Crippen LogP contribution is -2.22. The molecular weight excluding hydrogens is 326 g/mol. The fourth-order valence-electron chi connectivity index (χ4n) is 1.90. The molecule has 0 bridgehead atoms. The summed E-state index contributed by atoms with van der Waals surface area (Å²) in [5.74, 6) is -0.374. The maximum Gasteiger partial charge on any atom is 0.389 e. The molecule has 1 aromatic rings. The summed E-state index contributed by atoms with van der Waals surface area (Å²) in [6.07, 6.45) is -4.52. The van der Waals surface area contributed by atoms with Gasteiger partial charge >= 0.3 is 6.18 Å². The minimum atomic E-state index is -4.13.